The number of benzene rings is 2. The first kappa shape index (κ1) is 15.5. The molecule has 2 rings (SSSR count). The second kappa shape index (κ2) is 6.69. The fourth-order valence-electron chi connectivity index (χ4n) is 1.95. The summed E-state index contributed by atoms with van der Waals surface area (Å²) in [5.41, 5.74) is 0.619. The highest BCUT2D eigenvalue weighted by molar-refractivity contribution is 7.89. The van der Waals surface area contributed by atoms with Gasteiger partial charge in [0.25, 0.3) is 0 Å². The van der Waals surface area contributed by atoms with E-state index < -0.39 is 10.0 Å². The Morgan fingerprint density at radius 2 is 1.86 bits per heavy atom. The highest BCUT2D eigenvalue weighted by Crippen LogP contribution is 2.19. The number of hydrogen-bond acceptors (Lipinski definition) is 3. The molecule has 0 saturated heterocycles. The third-order valence-electron chi connectivity index (χ3n) is 2.98. The molecule has 0 aliphatic carbocycles. The van der Waals surface area contributed by atoms with Gasteiger partial charge in [0.1, 0.15) is 11.6 Å². The van der Waals surface area contributed by atoms with Crippen LogP contribution >= 0.6 is 0 Å². The minimum absolute atomic E-state index is 0.164. The number of hydrogen-bond donors (Lipinski definition) is 1. The molecule has 6 heteroatoms. The molecule has 0 aliphatic heterocycles. The first-order valence-electron chi connectivity index (χ1n) is 6.40. The van der Waals surface area contributed by atoms with Crippen LogP contribution in [0.3, 0.4) is 0 Å². The van der Waals surface area contributed by atoms with Crippen LogP contribution in [0.25, 0.3) is 0 Å². The lowest BCUT2D eigenvalue weighted by molar-refractivity contribution is 0.408. The molecule has 0 bridgehead atoms. The lowest BCUT2D eigenvalue weighted by atomic mass is 10.1. The van der Waals surface area contributed by atoms with Crippen molar-refractivity contribution in [3.05, 3.63) is 59.9 Å². The van der Waals surface area contributed by atoms with Crippen molar-refractivity contribution in [2.24, 2.45) is 0 Å². The Bertz CT molecular complexity index is 702. The molecule has 2 aromatic rings. The van der Waals surface area contributed by atoms with Crippen LogP contribution in [0.1, 0.15) is 5.56 Å². The predicted molar refractivity (Wildman–Crippen MR) is 78.3 cm³/mol. The van der Waals surface area contributed by atoms with E-state index in [1.165, 1.54) is 37.4 Å². The molecule has 0 atom stereocenters. The standard InChI is InChI=1S/C15H16FNO3S/c1-20-15-8-7-13(16)11-12(15)9-10-17-21(18,19)14-5-3-2-4-6-14/h2-8,11,17H,9-10H2,1H3. The largest absolute Gasteiger partial charge is 0.496 e. The Labute approximate surface area is 123 Å². The fraction of sp³-hybridized carbons (Fsp3) is 0.200. The van der Waals surface area contributed by atoms with E-state index in [4.69, 9.17) is 4.74 Å². The number of methoxy groups -OCH3 is 1. The smallest absolute Gasteiger partial charge is 0.240 e. The van der Waals surface area contributed by atoms with Crippen molar-refractivity contribution < 1.29 is 17.5 Å². The van der Waals surface area contributed by atoms with E-state index >= 15 is 0 Å². The molecule has 1 N–H and O–H groups in total. The van der Waals surface area contributed by atoms with Gasteiger partial charge in [0.05, 0.1) is 12.0 Å². The van der Waals surface area contributed by atoms with Crippen molar-refractivity contribution in [1.29, 1.82) is 0 Å². The minimum atomic E-state index is -3.54. The van der Waals surface area contributed by atoms with Gasteiger partial charge in [0, 0.05) is 6.54 Å². The van der Waals surface area contributed by atoms with Crippen LogP contribution in [-0.4, -0.2) is 22.1 Å². The van der Waals surface area contributed by atoms with Crippen LogP contribution in [0.5, 0.6) is 5.75 Å². The molecule has 21 heavy (non-hydrogen) atoms. The lowest BCUT2D eigenvalue weighted by Gasteiger charge is -2.10. The summed E-state index contributed by atoms with van der Waals surface area (Å²) in [6.45, 7) is 0.164. The summed E-state index contributed by atoms with van der Waals surface area (Å²) in [4.78, 5) is 0.205. The first-order valence-corrected chi connectivity index (χ1v) is 7.88. The van der Waals surface area contributed by atoms with Gasteiger partial charge in [-0.2, -0.15) is 0 Å². The molecule has 0 unspecified atom stereocenters. The van der Waals surface area contributed by atoms with Gasteiger partial charge in [-0.15, -0.1) is 0 Å². The maximum Gasteiger partial charge on any atom is 0.240 e. The molecule has 0 heterocycles. The van der Waals surface area contributed by atoms with Crippen LogP contribution in [0.2, 0.25) is 0 Å². The van der Waals surface area contributed by atoms with E-state index in [0.29, 0.717) is 17.7 Å². The molecule has 0 spiro atoms. The molecular formula is C15H16FNO3S. The first-order chi connectivity index (χ1) is 10.0. The van der Waals surface area contributed by atoms with Gasteiger partial charge in [0.15, 0.2) is 0 Å². The Hall–Kier alpha value is -1.92. The number of ether oxygens (including phenoxy) is 1. The highest BCUT2D eigenvalue weighted by Gasteiger charge is 2.13. The Morgan fingerprint density at radius 3 is 2.52 bits per heavy atom. The molecule has 0 aromatic heterocycles. The third-order valence-corrected chi connectivity index (χ3v) is 4.46. The van der Waals surface area contributed by atoms with E-state index in [1.54, 1.807) is 18.2 Å². The van der Waals surface area contributed by atoms with Crippen molar-refractivity contribution in [1.82, 2.24) is 4.72 Å². The topological polar surface area (TPSA) is 55.4 Å². The zero-order valence-electron chi connectivity index (χ0n) is 11.5. The second-order valence-corrected chi connectivity index (χ2v) is 6.18. The Kier molecular flexibility index (Phi) is 4.93. The summed E-state index contributed by atoms with van der Waals surface area (Å²) < 4.78 is 44.9. The van der Waals surface area contributed by atoms with Gasteiger partial charge in [-0.25, -0.2) is 17.5 Å². The summed E-state index contributed by atoms with van der Waals surface area (Å²) in [6.07, 6.45) is 0.340. The molecule has 0 saturated carbocycles. The number of sulfonamides is 1. The van der Waals surface area contributed by atoms with Crippen LogP contribution in [0.15, 0.2) is 53.4 Å². The highest BCUT2D eigenvalue weighted by atomic mass is 32.2. The van der Waals surface area contributed by atoms with E-state index in [9.17, 15) is 12.8 Å². The van der Waals surface area contributed by atoms with Gasteiger partial charge in [0.2, 0.25) is 10.0 Å². The maximum absolute atomic E-state index is 13.2. The SMILES string of the molecule is COc1ccc(F)cc1CCNS(=O)(=O)c1ccccc1. The second-order valence-electron chi connectivity index (χ2n) is 4.42. The zero-order valence-corrected chi connectivity index (χ0v) is 12.4. The molecule has 2 aromatic carbocycles. The number of halogens is 1. The van der Waals surface area contributed by atoms with Crippen LogP contribution in [0, 0.1) is 5.82 Å². The maximum atomic E-state index is 13.2. The summed E-state index contributed by atoms with van der Waals surface area (Å²) in [5.74, 6) is 0.159. The Balaban J connectivity index is 2.03. The molecule has 112 valence electrons. The molecule has 0 radical (unpaired) electrons. The third kappa shape index (κ3) is 4.03. The average molecular weight is 309 g/mol. The summed E-state index contributed by atoms with van der Waals surface area (Å²) >= 11 is 0. The van der Waals surface area contributed by atoms with Crippen molar-refractivity contribution in [3.8, 4) is 5.75 Å². The van der Waals surface area contributed by atoms with Gasteiger partial charge < -0.3 is 4.74 Å². The van der Waals surface area contributed by atoms with Crippen molar-refractivity contribution in [3.63, 3.8) is 0 Å². The van der Waals surface area contributed by atoms with Crippen molar-refractivity contribution in [2.75, 3.05) is 13.7 Å². The fourth-order valence-corrected chi connectivity index (χ4v) is 3.00. The van der Waals surface area contributed by atoms with E-state index in [-0.39, 0.29) is 17.3 Å². The van der Waals surface area contributed by atoms with E-state index in [2.05, 4.69) is 4.72 Å². The van der Waals surface area contributed by atoms with Crippen LogP contribution in [0.4, 0.5) is 4.39 Å². The number of nitrogens with one attached hydrogen (secondary N) is 1. The van der Waals surface area contributed by atoms with Gasteiger partial charge in [-0.05, 0) is 42.3 Å². The van der Waals surface area contributed by atoms with E-state index in [1.807, 2.05) is 0 Å². The average Bonchev–Trinajstić information content (AvgIpc) is 2.48. The molecular weight excluding hydrogens is 293 g/mol. The summed E-state index contributed by atoms with van der Waals surface area (Å²) in [7, 11) is -2.05. The molecule has 4 nitrogen and oxygen atoms in total. The van der Waals surface area contributed by atoms with E-state index in [0.717, 1.165) is 0 Å². The molecule has 0 aliphatic rings. The van der Waals surface area contributed by atoms with Gasteiger partial charge >= 0.3 is 0 Å². The van der Waals surface area contributed by atoms with Crippen LogP contribution < -0.4 is 9.46 Å². The Morgan fingerprint density at radius 1 is 1.14 bits per heavy atom. The molecule has 0 amide bonds. The molecule has 0 fully saturated rings. The monoisotopic (exact) mass is 309 g/mol. The van der Waals surface area contributed by atoms with Gasteiger partial charge in [-0.1, -0.05) is 18.2 Å². The summed E-state index contributed by atoms with van der Waals surface area (Å²) in [5, 5.41) is 0. The normalized spacial score (nSPS) is 11.3. The summed E-state index contributed by atoms with van der Waals surface area (Å²) in [6, 6.07) is 12.3. The predicted octanol–water partition coefficient (Wildman–Crippen LogP) is 2.36. The van der Waals surface area contributed by atoms with Crippen molar-refractivity contribution in [2.45, 2.75) is 11.3 Å². The van der Waals surface area contributed by atoms with Gasteiger partial charge in [-0.3, -0.25) is 0 Å². The van der Waals surface area contributed by atoms with Crippen LogP contribution in [-0.2, 0) is 16.4 Å². The zero-order chi connectivity index (χ0) is 15.3. The lowest BCUT2D eigenvalue weighted by Crippen LogP contribution is -2.26. The minimum Gasteiger partial charge on any atom is -0.496 e. The number of rotatable bonds is 6. The van der Waals surface area contributed by atoms with Crippen molar-refractivity contribution >= 4 is 10.0 Å². The quantitative estimate of drug-likeness (QED) is 0.891.